The molecule has 3 aromatic heterocycles. The van der Waals surface area contributed by atoms with E-state index in [1.165, 1.54) is 5.69 Å². The second kappa shape index (κ2) is 10.9. The SMILES string of the molecule is CCn1cc(-c2cnc3[nH]c(-c4ccc(N5CCN(C)[C@@H](C)C5)cc4)c(-c4ccc(C)c(NC(C)=O)c4)c3c2)cn1. The van der Waals surface area contributed by atoms with Crippen LogP contribution in [0.15, 0.2) is 67.1 Å². The van der Waals surface area contributed by atoms with Crippen molar-refractivity contribution in [3.8, 4) is 33.5 Å². The van der Waals surface area contributed by atoms with Gasteiger partial charge in [-0.1, -0.05) is 24.3 Å². The van der Waals surface area contributed by atoms with Gasteiger partial charge in [0.2, 0.25) is 5.91 Å². The molecule has 8 nitrogen and oxygen atoms in total. The topological polar surface area (TPSA) is 82.1 Å². The molecule has 1 saturated heterocycles. The van der Waals surface area contributed by atoms with E-state index in [1.54, 1.807) is 6.92 Å². The van der Waals surface area contributed by atoms with Crippen molar-refractivity contribution in [1.29, 1.82) is 0 Å². The number of H-pyrrole nitrogens is 1. The maximum absolute atomic E-state index is 12.0. The van der Waals surface area contributed by atoms with Crippen molar-refractivity contribution in [1.82, 2.24) is 24.6 Å². The Morgan fingerprint density at radius 3 is 2.51 bits per heavy atom. The number of rotatable bonds is 6. The summed E-state index contributed by atoms with van der Waals surface area (Å²) in [5, 5.41) is 8.48. The molecule has 41 heavy (non-hydrogen) atoms. The van der Waals surface area contributed by atoms with Crippen LogP contribution in [-0.2, 0) is 11.3 Å². The summed E-state index contributed by atoms with van der Waals surface area (Å²) in [5.41, 5.74) is 10.1. The highest BCUT2D eigenvalue weighted by molar-refractivity contribution is 6.04. The molecule has 6 rings (SSSR count). The van der Waals surface area contributed by atoms with Crippen LogP contribution in [0.1, 0.15) is 26.3 Å². The van der Waals surface area contributed by atoms with E-state index in [4.69, 9.17) is 4.98 Å². The Balaban J connectivity index is 1.47. The van der Waals surface area contributed by atoms with Crippen LogP contribution in [0.3, 0.4) is 0 Å². The number of carbonyl (C=O) groups is 1. The molecule has 0 radical (unpaired) electrons. The van der Waals surface area contributed by atoms with Crippen LogP contribution in [0, 0.1) is 6.92 Å². The van der Waals surface area contributed by atoms with E-state index in [1.807, 2.05) is 24.0 Å². The number of hydrogen-bond donors (Lipinski definition) is 2. The first kappa shape index (κ1) is 26.8. The van der Waals surface area contributed by atoms with Crippen molar-refractivity contribution in [3.63, 3.8) is 0 Å². The summed E-state index contributed by atoms with van der Waals surface area (Å²) in [6, 6.07) is 17.8. The van der Waals surface area contributed by atoms with Gasteiger partial charge in [-0.05, 0) is 68.8 Å². The Morgan fingerprint density at radius 1 is 1.02 bits per heavy atom. The number of benzene rings is 2. The van der Waals surface area contributed by atoms with Gasteiger partial charge in [-0.3, -0.25) is 9.48 Å². The van der Waals surface area contributed by atoms with Gasteiger partial charge >= 0.3 is 0 Å². The maximum atomic E-state index is 12.0. The fourth-order valence-corrected chi connectivity index (χ4v) is 5.65. The average molecular weight is 548 g/mol. The third-order valence-electron chi connectivity index (χ3n) is 8.26. The molecule has 210 valence electrons. The lowest BCUT2D eigenvalue weighted by Crippen LogP contribution is -2.50. The predicted octanol–water partition coefficient (Wildman–Crippen LogP) is 6.19. The zero-order chi connectivity index (χ0) is 28.7. The number of hydrogen-bond acceptors (Lipinski definition) is 5. The molecule has 1 aliphatic heterocycles. The molecule has 4 heterocycles. The predicted molar refractivity (Wildman–Crippen MR) is 167 cm³/mol. The van der Waals surface area contributed by atoms with E-state index in [9.17, 15) is 4.79 Å². The van der Waals surface area contributed by atoms with Crippen LogP contribution >= 0.6 is 0 Å². The Morgan fingerprint density at radius 2 is 1.80 bits per heavy atom. The standard InChI is InChI=1S/C33H37N7O/c1-6-40-20-27(18-35-40)26-15-29-31(25-8-7-21(2)30(16-25)36-23(4)41)32(37-33(29)34-17-26)24-9-11-28(12-10-24)39-14-13-38(5)22(3)19-39/h7-12,15-18,20,22H,6,13-14,19H2,1-5H3,(H,34,37)(H,36,41)/t22-/m0/s1. The third-order valence-corrected chi connectivity index (χ3v) is 8.26. The number of aromatic nitrogens is 4. The van der Waals surface area contributed by atoms with Crippen LogP contribution in [0.4, 0.5) is 11.4 Å². The normalized spacial score (nSPS) is 15.9. The molecule has 2 N–H and O–H groups in total. The van der Waals surface area contributed by atoms with Crippen LogP contribution < -0.4 is 10.2 Å². The number of nitrogens with one attached hydrogen (secondary N) is 2. The van der Waals surface area contributed by atoms with Gasteiger partial charge in [-0.2, -0.15) is 5.10 Å². The highest BCUT2D eigenvalue weighted by Gasteiger charge is 2.22. The molecule has 0 aliphatic carbocycles. The monoisotopic (exact) mass is 547 g/mol. The minimum atomic E-state index is -0.0879. The zero-order valence-electron chi connectivity index (χ0n) is 24.4. The number of nitrogens with zero attached hydrogens (tertiary/aromatic N) is 5. The van der Waals surface area contributed by atoms with Gasteiger partial charge in [0.1, 0.15) is 5.65 Å². The molecule has 5 aromatic rings. The molecular weight excluding hydrogens is 510 g/mol. The molecule has 8 heteroatoms. The van der Waals surface area contributed by atoms with Crippen molar-refractivity contribution >= 4 is 28.3 Å². The zero-order valence-corrected chi connectivity index (χ0v) is 24.4. The first-order valence-electron chi connectivity index (χ1n) is 14.3. The minimum Gasteiger partial charge on any atom is -0.369 e. The van der Waals surface area contributed by atoms with E-state index >= 15 is 0 Å². The highest BCUT2D eigenvalue weighted by Crippen LogP contribution is 2.41. The van der Waals surface area contributed by atoms with E-state index in [2.05, 4.69) is 101 Å². The second-order valence-corrected chi connectivity index (χ2v) is 11.1. The highest BCUT2D eigenvalue weighted by atomic mass is 16.1. The van der Waals surface area contributed by atoms with Crippen LogP contribution in [-0.4, -0.2) is 63.3 Å². The summed E-state index contributed by atoms with van der Waals surface area (Å²) in [6.45, 7) is 11.8. The number of carbonyl (C=O) groups excluding carboxylic acids is 1. The molecule has 0 bridgehead atoms. The number of amides is 1. The van der Waals surface area contributed by atoms with E-state index in [-0.39, 0.29) is 5.91 Å². The van der Waals surface area contributed by atoms with Gasteiger partial charge in [0.25, 0.3) is 0 Å². The fourth-order valence-electron chi connectivity index (χ4n) is 5.65. The van der Waals surface area contributed by atoms with Gasteiger partial charge in [0.15, 0.2) is 0 Å². The number of fused-ring (bicyclic) bond motifs is 1. The van der Waals surface area contributed by atoms with Crippen molar-refractivity contribution in [2.24, 2.45) is 0 Å². The summed E-state index contributed by atoms with van der Waals surface area (Å²) >= 11 is 0. The Labute approximate surface area is 241 Å². The summed E-state index contributed by atoms with van der Waals surface area (Å²) in [7, 11) is 2.19. The number of aromatic amines is 1. The molecule has 0 unspecified atom stereocenters. The van der Waals surface area contributed by atoms with Crippen molar-refractivity contribution in [2.45, 2.75) is 40.3 Å². The van der Waals surface area contributed by atoms with E-state index in [0.717, 1.165) is 82.0 Å². The van der Waals surface area contributed by atoms with Gasteiger partial charge in [-0.25, -0.2) is 4.98 Å². The summed E-state index contributed by atoms with van der Waals surface area (Å²) in [5.74, 6) is -0.0879. The minimum absolute atomic E-state index is 0.0879. The number of pyridine rings is 1. The second-order valence-electron chi connectivity index (χ2n) is 11.1. The van der Waals surface area contributed by atoms with E-state index in [0.29, 0.717) is 6.04 Å². The third kappa shape index (κ3) is 5.23. The lowest BCUT2D eigenvalue weighted by atomic mass is 9.96. The van der Waals surface area contributed by atoms with Gasteiger partial charge in [-0.15, -0.1) is 0 Å². The molecule has 0 spiro atoms. The summed E-state index contributed by atoms with van der Waals surface area (Å²) in [6.07, 6.45) is 5.84. The molecule has 1 atom stereocenters. The average Bonchev–Trinajstić information content (AvgIpc) is 3.60. The molecule has 0 saturated carbocycles. The quantitative estimate of drug-likeness (QED) is 0.265. The molecule has 2 aromatic carbocycles. The van der Waals surface area contributed by atoms with Gasteiger partial charge < -0.3 is 20.1 Å². The Hall–Kier alpha value is -4.43. The largest absolute Gasteiger partial charge is 0.369 e. The number of aryl methyl sites for hydroxylation is 2. The number of likely N-dealkylation sites (N-methyl/N-ethyl adjacent to an activating group) is 1. The number of piperazine rings is 1. The molecule has 1 amide bonds. The van der Waals surface area contributed by atoms with Gasteiger partial charge in [0, 0.05) is 85.0 Å². The smallest absolute Gasteiger partial charge is 0.221 e. The maximum Gasteiger partial charge on any atom is 0.221 e. The fraction of sp³-hybridized carbons (Fsp3) is 0.303. The molecule has 1 aliphatic rings. The van der Waals surface area contributed by atoms with Gasteiger partial charge in [0.05, 0.1) is 11.9 Å². The summed E-state index contributed by atoms with van der Waals surface area (Å²) in [4.78, 5) is 25.3. The first-order valence-corrected chi connectivity index (χ1v) is 14.3. The van der Waals surface area contributed by atoms with Crippen molar-refractivity contribution < 1.29 is 4.79 Å². The first-order chi connectivity index (χ1) is 19.8. The lowest BCUT2D eigenvalue weighted by Gasteiger charge is -2.39. The lowest BCUT2D eigenvalue weighted by molar-refractivity contribution is -0.114. The Bertz CT molecular complexity index is 1720. The van der Waals surface area contributed by atoms with Crippen LogP contribution in [0.5, 0.6) is 0 Å². The molecule has 1 fully saturated rings. The van der Waals surface area contributed by atoms with Crippen molar-refractivity contribution in [3.05, 3.63) is 72.7 Å². The molecular formula is C33H37N7O. The van der Waals surface area contributed by atoms with Crippen LogP contribution in [0.25, 0.3) is 44.5 Å². The number of anilines is 2. The van der Waals surface area contributed by atoms with Crippen LogP contribution in [0.2, 0.25) is 0 Å². The van der Waals surface area contributed by atoms with E-state index < -0.39 is 0 Å². The summed E-state index contributed by atoms with van der Waals surface area (Å²) < 4.78 is 1.92. The Kier molecular flexibility index (Phi) is 7.09. The van der Waals surface area contributed by atoms with Crippen molar-refractivity contribution in [2.75, 3.05) is 36.9 Å².